The normalized spacial score (nSPS) is 15.4. The fourth-order valence-corrected chi connectivity index (χ4v) is 9.13. The van der Waals surface area contributed by atoms with Gasteiger partial charge in [0.25, 0.3) is 0 Å². The van der Waals surface area contributed by atoms with Crippen LogP contribution in [0.15, 0.2) is 90.7 Å². The zero-order valence-electron chi connectivity index (χ0n) is 24.1. The van der Waals surface area contributed by atoms with E-state index in [1.54, 1.807) is 24.3 Å². The van der Waals surface area contributed by atoms with Gasteiger partial charge in [-0.25, -0.2) is 17.2 Å². The van der Waals surface area contributed by atoms with Crippen molar-refractivity contribution in [2.24, 2.45) is 0 Å². The van der Waals surface area contributed by atoms with Crippen molar-refractivity contribution >= 4 is 95.8 Å². The van der Waals surface area contributed by atoms with Crippen LogP contribution in [0.2, 0.25) is 0 Å². The molecule has 0 atom stereocenters. The van der Waals surface area contributed by atoms with Crippen LogP contribution in [-0.2, 0) is 21.3 Å². The maximum Gasteiger partial charge on any atom is 0.158 e. The molecule has 0 saturated heterocycles. The third-order valence-electron chi connectivity index (χ3n) is 8.53. The van der Waals surface area contributed by atoms with E-state index in [9.17, 15) is 8.42 Å². The van der Waals surface area contributed by atoms with Gasteiger partial charge in [-0.05, 0) is 183 Å². The van der Waals surface area contributed by atoms with Crippen molar-refractivity contribution in [3.8, 4) is 0 Å². The number of benzene rings is 4. The lowest BCUT2D eigenvalue weighted by Crippen LogP contribution is -2.10. The minimum atomic E-state index is -3.84. The fraction of sp³-hybridized carbons (Fsp3) is 0.222. The molecule has 9 heteroatoms. The van der Waals surface area contributed by atoms with Crippen LogP contribution in [0.3, 0.4) is 0 Å². The predicted octanol–water partition coefficient (Wildman–Crippen LogP) is 12.3. The van der Waals surface area contributed by atoms with Gasteiger partial charge in [0.05, 0.1) is 11.5 Å². The Labute approximate surface area is 296 Å². The highest BCUT2D eigenvalue weighted by atomic mass is 79.9. The maximum absolute atomic E-state index is 15.4. The van der Waals surface area contributed by atoms with Crippen molar-refractivity contribution in [3.63, 3.8) is 0 Å². The summed E-state index contributed by atoms with van der Waals surface area (Å²) in [5.41, 5.74) is 8.36. The van der Waals surface area contributed by atoms with Crippen molar-refractivity contribution in [1.82, 2.24) is 0 Å². The number of hydrogen-bond donors (Lipinski definition) is 0. The highest BCUT2D eigenvalue weighted by Gasteiger charge is 2.23. The smallest absolute Gasteiger partial charge is 0.158 e. The van der Waals surface area contributed by atoms with Crippen molar-refractivity contribution in [3.05, 3.63) is 136 Å². The quantitative estimate of drug-likeness (QED) is 0.177. The van der Waals surface area contributed by atoms with Crippen molar-refractivity contribution in [1.29, 1.82) is 0 Å². The Kier molecular flexibility index (Phi) is 10.0. The monoisotopic (exact) mass is 878 g/mol. The molecule has 45 heavy (non-hydrogen) atoms. The second-order valence-electron chi connectivity index (χ2n) is 11.5. The van der Waals surface area contributed by atoms with E-state index in [-0.39, 0.29) is 11.1 Å². The predicted molar refractivity (Wildman–Crippen MR) is 194 cm³/mol. The molecule has 0 radical (unpaired) electrons. The Morgan fingerprint density at radius 2 is 0.822 bits per heavy atom. The van der Waals surface area contributed by atoms with Crippen LogP contribution >= 0.6 is 63.7 Å². The third kappa shape index (κ3) is 7.33. The van der Waals surface area contributed by atoms with Crippen molar-refractivity contribution < 1.29 is 17.2 Å². The Morgan fingerprint density at radius 3 is 1.16 bits per heavy atom. The topological polar surface area (TPSA) is 34.1 Å². The summed E-state index contributed by atoms with van der Waals surface area (Å²) in [4.78, 5) is 0. The molecular weight excluding hydrogens is 854 g/mol. The Morgan fingerprint density at radius 1 is 0.489 bits per heavy atom. The van der Waals surface area contributed by atoms with E-state index in [1.807, 2.05) is 24.3 Å². The molecular formula is C36H28Br4F2O2S. The van der Waals surface area contributed by atoms with Crippen LogP contribution in [0, 0.1) is 11.6 Å². The molecule has 0 unspecified atom stereocenters. The summed E-state index contributed by atoms with van der Waals surface area (Å²) in [6.45, 7) is 0. The standard InChI is InChI=1S/C36H28Br4F2O2S/c37-31-13-11-21(15-33(31)39)27-3-1-5-29(27)23-7-9-25(35(41)17-23)19-45(43,44)20-26-10-8-24(18-36(26)42)30-6-2-4-28(30)22-12-14-32(38)34(40)16-22/h7-18H,1-6,19-20H2. The summed E-state index contributed by atoms with van der Waals surface area (Å²) in [6, 6.07) is 21.7. The summed E-state index contributed by atoms with van der Waals surface area (Å²) in [5, 5.41) is 0. The van der Waals surface area contributed by atoms with Crippen LogP contribution < -0.4 is 0 Å². The van der Waals surface area contributed by atoms with Gasteiger partial charge in [-0.2, -0.15) is 0 Å². The lowest BCUT2D eigenvalue weighted by Gasteiger charge is -2.13. The highest BCUT2D eigenvalue weighted by Crippen LogP contribution is 2.43. The number of hydrogen-bond acceptors (Lipinski definition) is 2. The SMILES string of the molecule is O=S(=O)(Cc1ccc(C2=C(c3ccc(Br)c(Br)c3)CCC2)cc1F)Cc1ccc(C2=C(c3ccc(Br)c(Br)c3)CCC2)cc1F. The number of sulfone groups is 1. The Bertz CT molecular complexity index is 1860. The van der Waals surface area contributed by atoms with Crippen molar-refractivity contribution in [2.75, 3.05) is 0 Å². The molecule has 0 aromatic heterocycles. The van der Waals surface area contributed by atoms with E-state index in [1.165, 1.54) is 23.3 Å². The molecule has 232 valence electrons. The van der Waals surface area contributed by atoms with Gasteiger partial charge in [0.2, 0.25) is 0 Å². The molecule has 4 aromatic carbocycles. The third-order valence-corrected chi connectivity index (χ3v) is 13.8. The van der Waals surface area contributed by atoms with Gasteiger partial charge in [-0.15, -0.1) is 0 Å². The molecule has 0 aliphatic heterocycles. The van der Waals surface area contributed by atoms with Gasteiger partial charge in [0.15, 0.2) is 9.84 Å². The first-order valence-electron chi connectivity index (χ1n) is 14.6. The molecule has 0 fully saturated rings. The largest absolute Gasteiger partial charge is 0.228 e. The van der Waals surface area contributed by atoms with Crippen molar-refractivity contribution in [2.45, 2.75) is 50.0 Å². The fourth-order valence-electron chi connectivity index (χ4n) is 6.36. The Balaban J connectivity index is 1.20. The van der Waals surface area contributed by atoms with Gasteiger partial charge in [-0.1, -0.05) is 36.4 Å². The first kappa shape index (κ1) is 33.0. The van der Waals surface area contributed by atoms with Crippen LogP contribution in [0.5, 0.6) is 0 Å². The first-order chi connectivity index (χ1) is 21.5. The maximum atomic E-state index is 15.4. The molecule has 6 rings (SSSR count). The van der Waals surface area contributed by atoms with Gasteiger partial charge in [0, 0.05) is 29.0 Å². The van der Waals surface area contributed by atoms with E-state index in [2.05, 4.69) is 75.9 Å². The zero-order valence-corrected chi connectivity index (χ0v) is 31.2. The molecule has 2 aliphatic carbocycles. The summed E-state index contributed by atoms with van der Waals surface area (Å²) in [5.74, 6) is -2.13. The van der Waals surface area contributed by atoms with Crippen LogP contribution in [0.1, 0.15) is 71.9 Å². The Hall–Kier alpha value is -1.91. The molecule has 2 nitrogen and oxygen atoms in total. The molecule has 0 spiro atoms. The molecule has 0 amide bonds. The average Bonchev–Trinajstić information content (AvgIpc) is 3.69. The zero-order chi connectivity index (χ0) is 31.9. The summed E-state index contributed by atoms with van der Waals surface area (Å²) in [6.07, 6.45) is 5.39. The second-order valence-corrected chi connectivity index (χ2v) is 17.0. The van der Waals surface area contributed by atoms with E-state index >= 15 is 8.78 Å². The van der Waals surface area contributed by atoms with Gasteiger partial charge >= 0.3 is 0 Å². The molecule has 2 aliphatic rings. The number of rotatable bonds is 8. The number of allylic oxidation sites excluding steroid dienone is 4. The van der Waals surface area contributed by atoms with E-state index in [0.29, 0.717) is 0 Å². The van der Waals surface area contributed by atoms with Gasteiger partial charge in [0.1, 0.15) is 11.6 Å². The lowest BCUT2D eigenvalue weighted by atomic mass is 9.96. The number of halogens is 6. The summed E-state index contributed by atoms with van der Waals surface area (Å²) < 4.78 is 60.9. The molecule has 0 saturated carbocycles. The summed E-state index contributed by atoms with van der Waals surface area (Å²) >= 11 is 14.1. The molecule has 0 N–H and O–H groups in total. The highest BCUT2D eigenvalue weighted by molar-refractivity contribution is 9.13. The van der Waals surface area contributed by atoms with Gasteiger partial charge in [-0.3, -0.25) is 0 Å². The average molecular weight is 882 g/mol. The van der Waals surface area contributed by atoms with Crippen LogP contribution in [0.4, 0.5) is 8.78 Å². The minimum absolute atomic E-state index is 0.0868. The first-order valence-corrected chi connectivity index (χ1v) is 19.6. The molecule has 0 bridgehead atoms. The van der Waals surface area contributed by atoms with E-state index < -0.39 is 33.0 Å². The lowest BCUT2D eigenvalue weighted by molar-refractivity contribution is 0.580. The van der Waals surface area contributed by atoms with E-state index in [0.717, 1.165) is 89.8 Å². The van der Waals surface area contributed by atoms with E-state index in [4.69, 9.17) is 0 Å². The molecule has 4 aromatic rings. The van der Waals surface area contributed by atoms with Crippen LogP contribution in [-0.4, -0.2) is 8.42 Å². The van der Waals surface area contributed by atoms with Gasteiger partial charge < -0.3 is 0 Å². The van der Waals surface area contributed by atoms with Crippen LogP contribution in [0.25, 0.3) is 22.3 Å². The minimum Gasteiger partial charge on any atom is -0.228 e. The molecule has 0 heterocycles. The second kappa shape index (κ2) is 13.7. The summed E-state index contributed by atoms with van der Waals surface area (Å²) in [7, 11) is -3.84.